The fraction of sp³-hybridized carbons (Fsp3) is 0.467. The van der Waals surface area contributed by atoms with Crippen LogP contribution in [0, 0.1) is 11.6 Å². The lowest BCUT2D eigenvalue weighted by atomic mass is 10.0. The van der Waals surface area contributed by atoms with E-state index >= 15 is 0 Å². The van der Waals surface area contributed by atoms with Crippen molar-refractivity contribution in [3.8, 4) is 0 Å². The molecule has 4 nitrogen and oxygen atoms in total. The van der Waals surface area contributed by atoms with Gasteiger partial charge in [-0.2, -0.15) is 0 Å². The minimum Gasteiger partial charge on any atom is -0.343 e. The van der Waals surface area contributed by atoms with Crippen LogP contribution in [-0.4, -0.2) is 28.8 Å². The fourth-order valence-corrected chi connectivity index (χ4v) is 2.53. The first-order chi connectivity index (χ1) is 9.97. The molecule has 2 rings (SSSR count). The van der Waals surface area contributed by atoms with Crippen molar-refractivity contribution in [3.63, 3.8) is 0 Å². The van der Waals surface area contributed by atoms with Crippen molar-refractivity contribution in [1.29, 1.82) is 0 Å². The number of hydrogen-bond acceptors (Lipinski definition) is 2. The van der Waals surface area contributed by atoms with Gasteiger partial charge < -0.3 is 10.2 Å². The molecule has 21 heavy (non-hydrogen) atoms. The lowest BCUT2D eigenvalue weighted by molar-refractivity contribution is -0.150. The zero-order valence-corrected chi connectivity index (χ0v) is 12.0. The van der Waals surface area contributed by atoms with Crippen molar-refractivity contribution in [2.45, 2.75) is 45.3 Å². The minimum atomic E-state index is -0.711. The predicted octanol–water partition coefficient (Wildman–Crippen LogP) is 1.98. The number of nitrogens with one attached hydrogen (secondary N) is 1. The molecule has 0 saturated carbocycles. The molecule has 1 saturated heterocycles. The molecular formula is C15H18F2N2O2. The topological polar surface area (TPSA) is 49.4 Å². The Kier molecular flexibility index (Phi) is 4.55. The number of hydrogen-bond donors (Lipinski definition) is 1. The van der Waals surface area contributed by atoms with Crippen LogP contribution in [0.2, 0.25) is 0 Å². The molecule has 0 aromatic heterocycles. The molecular weight excluding hydrogens is 278 g/mol. The molecule has 0 spiro atoms. The first-order valence-electron chi connectivity index (χ1n) is 7.02. The van der Waals surface area contributed by atoms with Gasteiger partial charge in [0.25, 0.3) is 0 Å². The number of piperazine rings is 1. The van der Waals surface area contributed by atoms with E-state index in [0.29, 0.717) is 12.8 Å². The highest BCUT2D eigenvalue weighted by molar-refractivity contribution is 5.96. The maximum absolute atomic E-state index is 13.8. The van der Waals surface area contributed by atoms with Crippen LogP contribution >= 0.6 is 0 Å². The molecule has 1 fully saturated rings. The van der Waals surface area contributed by atoms with Gasteiger partial charge in [-0.05, 0) is 18.9 Å². The third-order valence-corrected chi connectivity index (χ3v) is 3.73. The minimum absolute atomic E-state index is 0.0344. The molecule has 114 valence electrons. The summed E-state index contributed by atoms with van der Waals surface area (Å²) in [5, 5.41) is 2.67. The molecule has 2 atom stereocenters. The fourth-order valence-electron chi connectivity index (χ4n) is 2.53. The Morgan fingerprint density at radius 1 is 1.19 bits per heavy atom. The number of amides is 2. The smallest absolute Gasteiger partial charge is 0.246 e. The van der Waals surface area contributed by atoms with Crippen LogP contribution in [0.3, 0.4) is 0 Å². The summed E-state index contributed by atoms with van der Waals surface area (Å²) >= 11 is 0. The second-order valence-corrected chi connectivity index (χ2v) is 5.10. The van der Waals surface area contributed by atoms with Gasteiger partial charge in [0.1, 0.15) is 23.7 Å². The Bertz CT molecular complexity index is 563. The van der Waals surface area contributed by atoms with Crippen LogP contribution in [0.5, 0.6) is 0 Å². The summed E-state index contributed by atoms with van der Waals surface area (Å²) in [7, 11) is 0. The Morgan fingerprint density at radius 3 is 2.48 bits per heavy atom. The predicted molar refractivity (Wildman–Crippen MR) is 73.2 cm³/mol. The molecule has 1 heterocycles. The largest absolute Gasteiger partial charge is 0.343 e. The highest BCUT2D eigenvalue weighted by Gasteiger charge is 2.38. The average molecular weight is 296 g/mol. The molecule has 1 N–H and O–H groups in total. The monoisotopic (exact) mass is 296 g/mol. The van der Waals surface area contributed by atoms with E-state index in [-0.39, 0.29) is 23.9 Å². The number of carbonyl (C=O) groups excluding carboxylic acids is 2. The first kappa shape index (κ1) is 15.4. The molecule has 1 aromatic rings. The van der Waals surface area contributed by atoms with Crippen molar-refractivity contribution in [2.75, 3.05) is 0 Å². The molecule has 6 heteroatoms. The maximum Gasteiger partial charge on any atom is 0.246 e. The van der Waals surface area contributed by atoms with E-state index in [1.165, 1.54) is 11.0 Å². The molecule has 0 aliphatic carbocycles. The van der Waals surface area contributed by atoms with Gasteiger partial charge in [-0.3, -0.25) is 9.59 Å². The van der Waals surface area contributed by atoms with Crippen molar-refractivity contribution in [1.82, 2.24) is 10.2 Å². The van der Waals surface area contributed by atoms with Crippen LogP contribution in [0.1, 0.15) is 32.3 Å². The van der Waals surface area contributed by atoms with E-state index in [1.807, 2.05) is 0 Å². The SMILES string of the molecule is CCC1NC(=O)C(CC)N(Cc2ccc(F)cc2F)C1=O. The average Bonchev–Trinajstić information content (AvgIpc) is 2.45. The van der Waals surface area contributed by atoms with E-state index in [0.717, 1.165) is 12.1 Å². The first-order valence-corrected chi connectivity index (χ1v) is 7.02. The van der Waals surface area contributed by atoms with Gasteiger partial charge in [-0.1, -0.05) is 19.9 Å². The maximum atomic E-state index is 13.8. The normalized spacial score (nSPS) is 22.4. The van der Waals surface area contributed by atoms with Crippen molar-refractivity contribution in [3.05, 3.63) is 35.4 Å². The van der Waals surface area contributed by atoms with Gasteiger partial charge in [0.2, 0.25) is 11.8 Å². The highest BCUT2D eigenvalue weighted by Crippen LogP contribution is 2.20. The van der Waals surface area contributed by atoms with E-state index in [4.69, 9.17) is 0 Å². The molecule has 1 aliphatic heterocycles. The Morgan fingerprint density at radius 2 is 1.90 bits per heavy atom. The zero-order chi connectivity index (χ0) is 15.6. The number of halogens is 2. The lowest BCUT2D eigenvalue weighted by Gasteiger charge is -2.38. The Balaban J connectivity index is 2.28. The van der Waals surface area contributed by atoms with Gasteiger partial charge in [-0.25, -0.2) is 8.78 Å². The van der Waals surface area contributed by atoms with E-state index in [9.17, 15) is 18.4 Å². The summed E-state index contributed by atoms with van der Waals surface area (Å²) in [5.41, 5.74) is 0.202. The second-order valence-electron chi connectivity index (χ2n) is 5.10. The molecule has 2 amide bonds. The number of rotatable bonds is 4. The van der Waals surface area contributed by atoms with Gasteiger partial charge >= 0.3 is 0 Å². The summed E-state index contributed by atoms with van der Waals surface area (Å²) in [6.45, 7) is 3.55. The Hall–Kier alpha value is -1.98. The molecule has 1 aliphatic rings. The van der Waals surface area contributed by atoms with Crippen LogP contribution in [0.15, 0.2) is 18.2 Å². The number of benzene rings is 1. The lowest BCUT2D eigenvalue weighted by Crippen LogP contribution is -2.62. The van der Waals surface area contributed by atoms with E-state index in [1.54, 1.807) is 13.8 Å². The Labute approximate surface area is 122 Å². The quantitative estimate of drug-likeness (QED) is 0.923. The van der Waals surface area contributed by atoms with Crippen molar-refractivity contribution < 1.29 is 18.4 Å². The molecule has 2 unspecified atom stereocenters. The highest BCUT2D eigenvalue weighted by atomic mass is 19.1. The summed E-state index contributed by atoms with van der Waals surface area (Å²) in [5.74, 6) is -1.84. The molecule has 0 radical (unpaired) electrons. The third kappa shape index (κ3) is 3.04. The second kappa shape index (κ2) is 6.20. The van der Waals surface area contributed by atoms with Crippen LogP contribution < -0.4 is 5.32 Å². The molecule has 1 aromatic carbocycles. The van der Waals surface area contributed by atoms with Gasteiger partial charge in [-0.15, -0.1) is 0 Å². The summed E-state index contributed by atoms with van der Waals surface area (Å²) in [6.07, 6.45) is 0.917. The van der Waals surface area contributed by atoms with Gasteiger partial charge in [0.15, 0.2) is 0 Å². The zero-order valence-electron chi connectivity index (χ0n) is 12.0. The third-order valence-electron chi connectivity index (χ3n) is 3.73. The number of carbonyl (C=O) groups is 2. The standard InChI is InChI=1S/C15H18F2N2O2/c1-3-12-15(21)19(13(4-2)14(20)18-12)8-9-5-6-10(16)7-11(9)17/h5-7,12-13H,3-4,8H2,1-2H3,(H,18,20). The number of nitrogens with zero attached hydrogens (tertiary/aromatic N) is 1. The van der Waals surface area contributed by atoms with Crippen molar-refractivity contribution in [2.24, 2.45) is 0 Å². The van der Waals surface area contributed by atoms with Crippen molar-refractivity contribution >= 4 is 11.8 Å². The van der Waals surface area contributed by atoms with Crippen LogP contribution in [0.4, 0.5) is 8.78 Å². The van der Waals surface area contributed by atoms with Gasteiger partial charge in [0, 0.05) is 18.2 Å². The van der Waals surface area contributed by atoms with E-state index < -0.39 is 23.7 Å². The van der Waals surface area contributed by atoms with Crippen LogP contribution in [0.25, 0.3) is 0 Å². The van der Waals surface area contributed by atoms with Gasteiger partial charge in [0.05, 0.1) is 0 Å². The van der Waals surface area contributed by atoms with Crippen LogP contribution in [-0.2, 0) is 16.1 Å². The van der Waals surface area contributed by atoms with E-state index in [2.05, 4.69) is 5.32 Å². The summed E-state index contributed by atoms with van der Waals surface area (Å²) < 4.78 is 26.7. The summed E-state index contributed by atoms with van der Waals surface area (Å²) in [4.78, 5) is 25.8. The summed E-state index contributed by atoms with van der Waals surface area (Å²) in [6, 6.07) is 2.03. The molecule has 0 bridgehead atoms.